The fourth-order valence-corrected chi connectivity index (χ4v) is 3.87. The molecule has 13 nitrogen and oxygen atoms in total. The number of aliphatic hydroxyl groups is 1. The van der Waals surface area contributed by atoms with Crippen LogP contribution in [0.2, 0.25) is 0 Å². The van der Waals surface area contributed by atoms with Crippen LogP contribution in [0.1, 0.15) is 12.6 Å². The Bertz CT molecular complexity index is 958. The summed E-state index contributed by atoms with van der Waals surface area (Å²) < 4.78 is 34.1. The zero-order valence-corrected chi connectivity index (χ0v) is 15.3. The molecule has 4 atom stereocenters. The number of aromatic amines is 1. The average Bonchev–Trinajstić information content (AvgIpc) is 3.24. The molecule has 4 N–H and O–H groups in total. The number of methoxy groups -OCH3 is 1. The van der Waals surface area contributed by atoms with Crippen LogP contribution in [-0.4, -0.2) is 63.4 Å². The smallest absolute Gasteiger partial charge is 0.438 e. The topological polar surface area (TPSA) is 181 Å². The molecule has 4 unspecified atom stereocenters. The number of anilines is 1. The van der Waals surface area contributed by atoms with Gasteiger partial charge in [0.05, 0.1) is 20.0 Å². The molecule has 0 saturated carbocycles. The zero-order valence-electron chi connectivity index (χ0n) is 14.4. The van der Waals surface area contributed by atoms with Crippen LogP contribution in [0.3, 0.4) is 0 Å². The first-order chi connectivity index (χ1) is 12.8. The van der Waals surface area contributed by atoms with Gasteiger partial charge in [-0.3, -0.25) is 18.9 Å². The molecule has 2 aromatic heterocycles. The molecule has 0 aromatic carbocycles. The number of hydrogen-bond acceptors (Lipinski definition) is 11. The lowest BCUT2D eigenvalue weighted by molar-refractivity contribution is -0.0406. The molecule has 0 bridgehead atoms. The van der Waals surface area contributed by atoms with Crippen LogP contribution in [0.4, 0.5) is 10.7 Å². The van der Waals surface area contributed by atoms with E-state index in [0.29, 0.717) is 0 Å². The number of fused-ring (bicyclic) bond motifs is 1. The quantitative estimate of drug-likeness (QED) is 0.551. The lowest BCUT2D eigenvalue weighted by Crippen LogP contribution is -2.28. The van der Waals surface area contributed by atoms with E-state index in [1.54, 1.807) is 0 Å². The summed E-state index contributed by atoms with van der Waals surface area (Å²) in [5.41, 5.74) is 4.10. The van der Waals surface area contributed by atoms with E-state index in [2.05, 4.69) is 19.7 Å². The first-order valence-corrected chi connectivity index (χ1v) is 9.28. The third-order valence-corrected chi connectivity index (χ3v) is 5.69. The highest BCUT2D eigenvalue weighted by Crippen LogP contribution is 2.52. The number of hydrogen-bond donors (Lipinski definition) is 3. The van der Waals surface area contributed by atoms with Gasteiger partial charge in [0.2, 0.25) is 5.95 Å². The molecule has 3 rings (SSSR count). The Morgan fingerprint density at radius 1 is 1.56 bits per heavy atom. The van der Waals surface area contributed by atoms with Gasteiger partial charge < -0.3 is 24.8 Å². The summed E-state index contributed by atoms with van der Waals surface area (Å²) in [5.74, 6) is -0.103. The number of nitrogens with one attached hydrogen (secondary N) is 1. The summed E-state index contributed by atoms with van der Waals surface area (Å²) in [5, 5.41) is 9.55. The second-order valence-electron chi connectivity index (χ2n) is 5.62. The van der Waals surface area contributed by atoms with Gasteiger partial charge >= 0.3 is 13.3 Å². The monoisotopic (exact) mass is 403 g/mol. The van der Waals surface area contributed by atoms with Gasteiger partial charge in [-0.15, -0.1) is 0 Å². The number of nitrogen functional groups attached to an aromatic ring is 1. The van der Waals surface area contributed by atoms with E-state index in [1.807, 2.05) is 0 Å². The second-order valence-corrected chi connectivity index (χ2v) is 7.55. The van der Waals surface area contributed by atoms with E-state index in [9.17, 15) is 19.3 Å². The van der Waals surface area contributed by atoms with Gasteiger partial charge in [-0.2, -0.15) is 4.98 Å². The van der Waals surface area contributed by atoms with Gasteiger partial charge in [-0.25, -0.2) is 14.3 Å². The third-order valence-electron chi connectivity index (χ3n) is 4.03. The summed E-state index contributed by atoms with van der Waals surface area (Å²) in [4.78, 5) is 33.9. The molecular formula is C13H18N5O8P. The van der Waals surface area contributed by atoms with E-state index >= 15 is 0 Å². The normalized spacial score (nSPS) is 24.8. The van der Waals surface area contributed by atoms with Gasteiger partial charge in [0.25, 0.3) is 5.56 Å². The van der Waals surface area contributed by atoms with Crippen LogP contribution >= 0.6 is 7.60 Å². The van der Waals surface area contributed by atoms with Crippen LogP contribution in [0.15, 0.2) is 11.1 Å². The van der Waals surface area contributed by atoms with Crippen LogP contribution < -0.4 is 11.3 Å². The minimum absolute atomic E-state index is 0.0508. The number of H-pyrrole nitrogens is 1. The fourth-order valence-electron chi connectivity index (χ4n) is 2.75. The predicted octanol–water partition coefficient (Wildman–Crippen LogP) is -0.0273. The van der Waals surface area contributed by atoms with Crippen molar-refractivity contribution in [1.82, 2.24) is 19.5 Å². The Morgan fingerprint density at radius 3 is 2.93 bits per heavy atom. The van der Waals surface area contributed by atoms with E-state index in [0.717, 1.165) is 14.2 Å². The molecule has 1 fully saturated rings. The largest absolute Gasteiger partial charge is 0.460 e. The van der Waals surface area contributed by atoms with Gasteiger partial charge in [-0.1, -0.05) is 0 Å². The van der Waals surface area contributed by atoms with E-state index < -0.39 is 43.9 Å². The van der Waals surface area contributed by atoms with Crippen LogP contribution in [0.5, 0.6) is 0 Å². The Kier molecular flexibility index (Phi) is 5.31. The Hall–Kier alpha value is -2.31. The molecule has 1 saturated heterocycles. The Morgan fingerprint density at radius 2 is 2.30 bits per heavy atom. The summed E-state index contributed by atoms with van der Waals surface area (Å²) in [6.07, 6.45) is -1.25. The summed E-state index contributed by atoms with van der Waals surface area (Å²) in [6.45, 7) is -0.477. The maximum Gasteiger partial charge on any atom is 0.438 e. The summed E-state index contributed by atoms with van der Waals surface area (Å²) in [7, 11) is -2.14. The van der Waals surface area contributed by atoms with Crippen molar-refractivity contribution in [2.45, 2.75) is 24.9 Å². The molecule has 1 aliphatic heterocycles. The first-order valence-electron chi connectivity index (χ1n) is 7.74. The lowest BCUT2D eigenvalue weighted by atomic mass is 10.2. The van der Waals surface area contributed by atoms with E-state index in [4.69, 9.17) is 19.5 Å². The van der Waals surface area contributed by atoms with Crippen molar-refractivity contribution in [3.05, 3.63) is 16.7 Å². The Labute approximate surface area is 151 Å². The highest BCUT2D eigenvalue weighted by atomic mass is 31.2. The molecule has 3 heterocycles. The molecule has 27 heavy (non-hydrogen) atoms. The van der Waals surface area contributed by atoms with Crippen molar-refractivity contribution in [3.63, 3.8) is 0 Å². The molecular weight excluding hydrogens is 385 g/mol. The average molecular weight is 403 g/mol. The number of aromatic nitrogens is 4. The number of nitrogens with zero attached hydrogens (tertiary/aromatic N) is 3. The molecule has 0 amide bonds. The molecule has 2 aromatic rings. The van der Waals surface area contributed by atoms with Gasteiger partial charge in [0.15, 0.2) is 11.2 Å². The highest BCUT2D eigenvalue weighted by Gasteiger charge is 2.45. The number of carbonyl (C=O) groups excluding carboxylic acids is 1. The van der Waals surface area contributed by atoms with Crippen molar-refractivity contribution in [1.29, 1.82) is 0 Å². The number of imidazole rings is 1. The van der Waals surface area contributed by atoms with Gasteiger partial charge in [0, 0.05) is 13.5 Å². The second kappa shape index (κ2) is 7.37. The van der Waals surface area contributed by atoms with Crippen molar-refractivity contribution in [3.8, 4) is 0 Å². The zero-order chi connectivity index (χ0) is 19.8. The van der Waals surface area contributed by atoms with Crippen molar-refractivity contribution in [2.75, 3.05) is 26.6 Å². The molecule has 0 radical (unpaired) electrons. The minimum Gasteiger partial charge on any atom is -0.460 e. The van der Waals surface area contributed by atoms with Crippen LogP contribution in [0.25, 0.3) is 11.2 Å². The van der Waals surface area contributed by atoms with E-state index in [1.165, 1.54) is 10.9 Å². The molecule has 1 aliphatic rings. The first kappa shape index (κ1) is 19.5. The van der Waals surface area contributed by atoms with Crippen LogP contribution in [0, 0.1) is 0 Å². The molecule has 14 heteroatoms. The maximum absolute atomic E-state index is 12.5. The van der Waals surface area contributed by atoms with Gasteiger partial charge in [0.1, 0.15) is 18.4 Å². The minimum atomic E-state index is -4.23. The number of ether oxygens (including phenoxy) is 2. The number of rotatable bonds is 6. The SMILES string of the molecule is COC(=O)P(=O)(OC)OC1CC(n2cnc3c(=O)[nH]c(N)nc32)OC1CO. The Balaban J connectivity index is 1.90. The number of aliphatic hydroxyl groups excluding tert-OH is 1. The fraction of sp³-hybridized carbons (Fsp3) is 0.538. The third kappa shape index (κ3) is 3.47. The maximum atomic E-state index is 12.5. The van der Waals surface area contributed by atoms with Gasteiger partial charge in [-0.05, 0) is 0 Å². The standard InChI is InChI=1S/C13H18N5O8P/c1-23-13(21)27(22,24-2)26-6-3-8(25-7(6)4-19)18-5-15-9-10(18)16-12(14)17-11(9)20/h5-8,19H,3-4H2,1-2H3,(H3,14,16,17,20). The number of carbonyl (C=O) groups is 1. The molecule has 0 spiro atoms. The summed E-state index contributed by atoms with van der Waals surface area (Å²) in [6, 6.07) is 0. The molecule has 0 aliphatic carbocycles. The van der Waals surface area contributed by atoms with Crippen LogP contribution in [-0.2, 0) is 23.1 Å². The number of nitrogens with two attached hydrogens (primary N) is 1. The highest BCUT2D eigenvalue weighted by molar-refractivity contribution is 7.71. The van der Waals surface area contributed by atoms with Crippen molar-refractivity contribution >= 4 is 30.4 Å². The molecule has 148 valence electrons. The summed E-state index contributed by atoms with van der Waals surface area (Å²) >= 11 is 0. The van der Waals surface area contributed by atoms with Crippen molar-refractivity contribution < 1.29 is 33.0 Å². The lowest BCUT2D eigenvalue weighted by Gasteiger charge is -2.20. The van der Waals surface area contributed by atoms with Crippen molar-refractivity contribution in [2.24, 2.45) is 0 Å². The van der Waals surface area contributed by atoms with E-state index in [-0.39, 0.29) is 23.5 Å². The predicted molar refractivity (Wildman–Crippen MR) is 90.1 cm³/mol.